The van der Waals surface area contributed by atoms with Gasteiger partial charge in [0.15, 0.2) is 0 Å². The summed E-state index contributed by atoms with van der Waals surface area (Å²) in [5.74, 6) is 2.52. The number of phosphoric acid groups is 1. The largest absolute Gasteiger partial charge is 1.00 e. The fourth-order valence-corrected chi connectivity index (χ4v) is 0.612. The van der Waals surface area contributed by atoms with Crippen LogP contribution in [0.1, 0.15) is 13.8 Å². The van der Waals surface area contributed by atoms with Crippen molar-refractivity contribution in [1.82, 2.24) is 0 Å². The van der Waals surface area contributed by atoms with Crippen LogP contribution >= 0.6 is 19.6 Å². The normalized spacial score (nSPS) is 7.77. The molecule has 0 bridgehead atoms. The van der Waals surface area contributed by atoms with Crippen LogP contribution in [-0.4, -0.2) is 11.5 Å². The molecule has 0 spiro atoms. The van der Waals surface area contributed by atoms with Crippen LogP contribution in [0.5, 0.6) is 0 Å². The maximum atomic E-state index is 8.55. The fourth-order valence-electron chi connectivity index (χ4n) is 0.204. The molecule has 0 heterocycles. The first-order valence-electron chi connectivity index (χ1n) is 2.72. The summed E-state index contributed by atoms with van der Waals surface area (Å²) in [4.78, 5) is 25.6. The Morgan fingerprint density at radius 3 is 1.15 bits per heavy atom. The number of hydrogen-bond acceptors (Lipinski definition) is 5. The SMILES string of the molecule is CCSCC.O=P([O-])([O-])[O-].[Na+].[Na+].[Na+]. The minimum absolute atomic E-state index is 0. The van der Waals surface area contributed by atoms with Gasteiger partial charge < -0.3 is 19.2 Å². The molecule has 0 aromatic heterocycles. The van der Waals surface area contributed by atoms with Gasteiger partial charge in [0, 0.05) is 0 Å². The van der Waals surface area contributed by atoms with E-state index in [4.69, 9.17) is 19.2 Å². The second kappa shape index (κ2) is 20.8. The summed E-state index contributed by atoms with van der Waals surface area (Å²) in [5, 5.41) is 0. The van der Waals surface area contributed by atoms with Gasteiger partial charge in [-0.3, -0.25) is 0 Å². The van der Waals surface area contributed by atoms with Gasteiger partial charge in [0.2, 0.25) is 0 Å². The minimum atomic E-state index is -5.39. The van der Waals surface area contributed by atoms with E-state index in [1.54, 1.807) is 0 Å². The van der Waals surface area contributed by atoms with Crippen LogP contribution in [0.15, 0.2) is 0 Å². The Labute approximate surface area is 150 Å². The zero-order valence-corrected chi connectivity index (χ0v) is 16.6. The van der Waals surface area contributed by atoms with Crippen molar-refractivity contribution in [2.45, 2.75) is 13.8 Å². The second-order valence-corrected chi connectivity index (χ2v) is 3.69. The van der Waals surface area contributed by atoms with E-state index in [0.717, 1.165) is 0 Å². The van der Waals surface area contributed by atoms with E-state index in [1.807, 2.05) is 11.8 Å². The molecule has 64 valence electrons. The van der Waals surface area contributed by atoms with Crippen LogP contribution in [0, 0.1) is 0 Å². The van der Waals surface area contributed by atoms with Crippen molar-refractivity contribution in [3.63, 3.8) is 0 Å². The summed E-state index contributed by atoms with van der Waals surface area (Å²) in [5.41, 5.74) is 0. The Morgan fingerprint density at radius 2 is 1.15 bits per heavy atom. The molecule has 0 atom stereocenters. The molecular weight excluding hydrogens is 244 g/mol. The molecule has 0 aromatic carbocycles. The monoisotopic (exact) mass is 254 g/mol. The number of thioether (sulfide) groups is 1. The molecule has 0 aliphatic heterocycles. The summed E-state index contributed by atoms with van der Waals surface area (Å²) in [6, 6.07) is 0. The van der Waals surface area contributed by atoms with Gasteiger partial charge in [0.25, 0.3) is 0 Å². The van der Waals surface area contributed by atoms with Crippen molar-refractivity contribution in [3.05, 3.63) is 0 Å². The summed E-state index contributed by atoms with van der Waals surface area (Å²) in [6.07, 6.45) is 0. The molecule has 0 rings (SSSR count). The Kier molecular flexibility index (Phi) is 48.0. The minimum Gasteiger partial charge on any atom is -0.822 e. The molecule has 0 amide bonds. The Hall–Kier alpha value is 3.46. The molecule has 0 aliphatic carbocycles. The topological polar surface area (TPSA) is 86.2 Å². The predicted molar refractivity (Wildman–Crippen MR) is 36.3 cm³/mol. The summed E-state index contributed by atoms with van der Waals surface area (Å²) in [6.45, 7) is 4.35. The van der Waals surface area contributed by atoms with Gasteiger partial charge in [0.05, 0.1) is 0 Å². The average Bonchev–Trinajstić information content (AvgIpc) is 1.63. The van der Waals surface area contributed by atoms with E-state index in [0.29, 0.717) is 0 Å². The maximum absolute atomic E-state index is 8.55. The molecule has 9 heteroatoms. The van der Waals surface area contributed by atoms with Gasteiger partial charge in [-0.25, -0.2) is 0 Å². The fraction of sp³-hybridized carbons (Fsp3) is 1.00. The van der Waals surface area contributed by atoms with E-state index < -0.39 is 7.82 Å². The third kappa shape index (κ3) is 94.0. The Bertz CT molecular complexity index is 101. The molecule has 0 aromatic rings. The third-order valence-corrected chi connectivity index (χ3v) is 1.22. The summed E-state index contributed by atoms with van der Waals surface area (Å²) in [7, 11) is -5.39. The molecule has 0 radical (unpaired) electrons. The first-order valence-corrected chi connectivity index (χ1v) is 5.34. The first kappa shape index (κ1) is 30.0. The molecule has 0 fully saturated rings. The molecule has 0 aliphatic rings. The Morgan fingerprint density at radius 1 is 1.00 bits per heavy atom. The van der Waals surface area contributed by atoms with Crippen LogP contribution in [0.25, 0.3) is 0 Å². The zero-order chi connectivity index (χ0) is 8.62. The third-order valence-electron chi connectivity index (χ3n) is 0.408. The standard InChI is InChI=1S/C4H10S.3Na.H3O4P/c1-3-5-4-2;;;;1-5(2,3)4/h3-4H2,1-2H3;;;;(H3,1,2,3,4)/q;3*+1;/p-3. The molecule has 0 saturated heterocycles. The van der Waals surface area contributed by atoms with E-state index >= 15 is 0 Å². The summed E-state index contributed by atoms with van der Waals surface area (Å²) < 4.78 is 8.55. The second-order valence-electron chi connectivity index (χ2n) is 1.23. The number of rotatable bonds is 2. The van der Waals surface area contributed by atoms with Crippen molar-refractivity contribution in [2.75, 3.05) is 11.5 Å². The van der Waals surface area contributed by atoms with Gasteiger partial charge >= 0.3 is 88.7 Å². The molecule has 0 saturated carbocycles. The Balaban J connectivity index is -0.0000000267. The van der Waals surface area contributed by atoms with Crippen LogP contribution in [-0.2, 0) is 4.57 Å². The van der Waals surface area contributed by atoms with Crippen molar-refractivity contribution in [3.8, 4) is 0 Å². The quantitative estimate of drug-likeness (QED) is 0.361. The average molecular weight is 254 g/mol. The van der Waals surface area contributed by atoms with Crippen LogP contribution in [0.3, 0.4) is 0 Å². The molecule has 4 nitrogen and oxygen atoms in total. The molecule has 13 heavy (non-hydrogen) atoms. The van der Waals surface area contributed by atoms with Crippen molar-refractivity contribution in [1.29, 1.82) is 0 Å². The van der Waals surface area contributed by atoms with Crippen LogP contribution < -0.4 is 103 Å². The van der Waals surface area contributed by atoms with Crippen molar-refractivity contribution in [2.24, 2.45) is 0 Å². The summed E-state index contributed by atoms with van der Waals surface area (Å²) >= 11 is 1.96. The van der Waals surface area contributed by atoms with Crippen LogP contribution in [0.4, 0.5) is 0 Å². The predicted octanol–water partition coefficient (Wildman–Crippen LogP) is -10.1. The van der Waals surface area contributed by atoms with Gasteiger partial charge in [-0.1, -0.05) is 13.8 Å². The van der Waals surface area contributed by atoms with Gasteiger partial charge in [-0.05, 0) is 11.5 Å². The van der Waals surface area contributed by atoms with E-state index in [1.165, 1.54) is 11.5 Å². The van der Waals surface area contributed by atoms with Gasteiger partial charge in [-0.15, -0.1) is 0 Å². The van der Waals surface area contributed by atoms with Crippen molar-refractivity contribution < 1.29 is 108 Å². The van der Waals surface area contributed by atoms with Crippen molar-refractivity contribution >= 4 is 19.6 Å². The molecular formula is C4H10Na3O4PS. The van der Waals surface area contributed by atoms with Gasteiger partial charge in [-0.2, -0.15) is 19.6 Å². The van der Waals surface area contributed by atoms with E-state index in [-0.39, 0.29) is 88.7 Å². The molecule has 0 unspecified atom stereocenters. The van der Waals surface area contributed by atoms with E-state index in [2.05, 4.69) is 13.8 Å². The molecule has 0 N–H and O–H groups in total. The van der Waals surface area contributed by atoms with E-state index in [9.17, 15) is 0 Å². The van der Waals surface area contributed by atoms with Crippen LogP contribution in [0.2, 0.25) is 0 Å². The maximum Gasteiger partial charge on any atom is 1.00 e. The number of hydrogen-bond donors (Lipinski definition) is 0. The smallest absolute Gasteiger partial charge is 0.822 e. The zero-order valence-electron chi connectivity index (χ0n) is 8.90. The first-order chi connectivity index (χ1) is 4.41. The van der Waals surface area contributed by atoms with Gasteiger partial charge in [0.1, 0.15) is 0 Å².